The second-order valence-electron chi connectivity index (χ2n) is 6.34. The van der Waals surface area contributed by atoms with Crippen LogP contribution in [0.3, 0.4) is 0 Å². The predicted molar refractivity (Wildman–Crippen MR) is 107 cm³/mol. The Morgan fingerprint density at radius 2 is 1.93 bits per heavy atom. The van der Waals surface area contributed by atoms with Crippen LogP contribution in [0.25, 0.3) is 0 Å². The average Bonchev–Trinajstić information content (AvgIpc) is 3.24. The van der Waals surface area contributed by atoms with Gasteiger partial charge >= 0.3 is 0 Å². The van der Waals surface area contributed by atoms with Crippen molar-refractivity contribution in [3.05, 3.63) is 52.2 Å². The minimum Gasteiger partial charge on any atom is -0.383 e. The maximum absolute atomic E-state index is 12.9. The zero-order valence-corrected chi connectivity index (χ0v) is 17.4. The maximum atomic E-state index is 12.9. The molecule has 2 aromatic rings. The Hall–Kier alpha value is -1.78. The van der Waals surface area contributed by atoms with Gasteiger partial charge in [-0.25, -0.2) is 8.42 Å². The van der Waals surface area contributed by atoms with Crippen LogP contribution >= 0.6 is 11.3 Å². The molecule has 152 valence electrons. The highest BCUT2D eigenvalue weighted by molar-refractivity contribution is 7.89. The minimum atomic E-state index is -3.57. The highest BCUT2D eigenvalue weighted by atomic mass is 32.2. The van der Waals surface area contributed by atoms with E-state index in [1.165, 1.54) is 16.4 Å². The molecule has 1 aromatic carbocycles. The van der Waals surface area contributed by atoms with E-state index in [9.17, 15) is 13.2 Å². The van der Waals surface area contributed by atoms with Crippen LogP contribution in [0.4, 0.5) is 0 Å². The molecule has 28 heavy (non-hydrogen) atoms. The fourth-order valence-electron chi connectivity index (χ4n) is 2.93. The lowest BCUT2D eigenvalue weighted by molar-refractivity contribution is 0.0682. The van der Waals surface area contributed by atoms with Crippen LogP contribution < -0.4 is 0 Å². The zero-order valence-electron chi connectivity index (χ0n) is 15.7. The van der Waals surface area contributed by atoms with Gasteiger partial charge in [-0.15, -0.1) is 11.3 Å². The van der Waals surface area contributed by atoms with Gasteiger partial charge in [-0.2, -0.15) is 4.31 Å². The first-order valence-corrected chi connectivity index (χ1v) is 11.3. The second kappa shape index (κ2) is 9.62. The van der Waals surface area contributed by atoms with Gasteiger partial charge in [0.25, 0.3) is 5.91 Å². The molecule has 0 atom stereocenters. The molecule has 0 unspecified atom stereocenters. The molecule has 1 saturated heterocycles. The first-order valence-electron chi connectivity index (χ1n) is 9.01. The highest BCUT2D eigenvalue weighted by Gasteiger charge is 2.26. The van der Waals surface area contributed by atoms with Crippen LogP contribution in [-0.4, -0.2) is 70.1 Å². The number of benzene rings is 1. The van der Waals surface area contributed by atoms with E-state index in [1.807, 2.05) is 17.5 Å². The smallest absolute Gasteiger partial charge is 0.254 e. The zero-order chi connectivity index (χ0) is 20.0. The number of sulfonamides is 1. The van der Waals surface area contributed by atoms with Gasteiger partial charge in [0.05, 0.1) is 31.3 Å². The molecule has 0 spiro atoms. The molecule has 9 heteroatoms. The molecule has 0 saturated carbocycles. The number of hydrogen-bond donors (Lipinski definition) is 0. The molecule has 2 heterocycles. The topological polar surface area (TPSA) is 76.2 Å². The molecule has 1 fully saturated rings. The van der Waals surface area contributed by atoms with Crippen molar-refractivity contribution in [2.75, 3.05) is 46.6 Å². The summed E-state index contributed by atoms with van der Waals surface area (Å²) in [6.07, 6.45) is 0. The van der Waals surface area contributed by atoms with Crippen molar-refractivity contribution in [1.29, 1.82) is 0 Å². The number of methoxy groups -OCH3 is 1. The number of carbonyl (C=O) groups excluding carboxylic acids is 1. The second-order valence-corrected chi connectivity index (χ2v) is 9.31. The van der Waals surface area contributed by atoms with Gasteiger partial charge in [0, 0.05) is 37.2 Å². The summed E-state index contributed by atoms with van der Waals surface area (Å²) in [5.74, 6) is -0.152. The fraction of sp³-hybridized carbons (Fsp3) is 0.421. The number of nitrogens with zero attached hydrogens (tertiary/aromatic N) is 2. The van der Waals surface area contributed by atoms with Crippen LogP contribution in [-0.2, 0) is 26.0 Å². The Bertz CT molecular complexity index is 860. The van der Waals surface area contributed by atoms with Crippen molar-refractivity contribution in [2.45, 2.75) is 11.4 Å². The van der Waals surface area contributed by atoms with Crippen molar-refractivity contribution < 1.29 is 22.7 Å². The third-order valence-corrected chi connectivity index (χ3v) is 7.26. The molecule has 1 aliphatic heterocycles. The van der Waals surface area contributed by atoms with Crippen LogP contribution in [0.5, 0.6) is 0 Å². The first kappa shape index (κ1) is 20.9. The summed E-state index contributed by atoms with van der Waals surface area (Å²) in [6, 6.07) is 10.1. The maximum Gasteiger partial charge on any atom is 0.254 e. The summed E-state index contributed by atoms with van der Waals surface area (Å²) in [5.41, 5.74) is 0.452. The van der Waals surface area contributed by atoms with Crippen LogP contribution in [0.2, 0.25) is 0 Å². The summed E-state index contributed by atoms with van der Waals surface area (Å²) in [7, 11) is -1.97. The van der Waals surface area contributed by atoms with Crippen molar-refractivity contribution >= 4 is 27.3 Å². The molecule has 1 aliphatic rings. The summed E-state index contributed by atoms with van der Waals surface area (Å²) >= 11 is 1.59. The number of thiophene rings is 1. The first-order chi connectivity index (χ1) is 13.5. The minimum absolute atomic E-state index is 0.152. The van der Waals surface area contributed by atoms with E-state index in [0.717, 1.165) is 4.88 Å². The van der Waals surface area contributed by atoms with Crippen molar-refractivity contribution in [3.63, 3.8) is 0 Å². The summed E-state index contributed by atoms with van der Waals surface area (Å²) in [6.45, 7) is 2.86. The van der Waals surface area contributed by atoms with Gasteiger partial charge < -0.3 is 14.4 Å². The average molecular weight is 425 g/mol. The Labute approximate surface area is 169 Å². The number of carbonyl (C=O) groups is 1. The summed E-state index contributed by atoms with van der Waals surface area (Å²) in [4.78, 5) is 15.9. The van der Waals surface area contributed by atoms with Gasteiger partial charge in [-0.05, 0) is 35.7 Å². The Morgan fingerprint density at radius 3 is 2.54 bits per heavy atom. The van der Waals surface area contributed by atoms with Crippen LogP contribution in [0, 0.1) is 0 Å². The largest absolute Gasteiger partial charge is 0.383 e. The van der Waals surface area contributed by atoms with Crippen molar-refractivity contribution in [3.8, 4) is 0 Å². The SMILES string of the molecule is COCCN(Cc1cccs1)C(=O)c1ccc(S(=O)(=O)N2CCOCC2)cc1. The molecule has 0 aliphatic carbocycles. The van der Waals surface area contributed by atoms with E-state index in [4.69, 9.17) is 9.47 Å². The Kier molecular flexibility index (Phi) is 7.19. The van der Waals surface area contributed by atoms with Crippen LogP contribution in [0.1, 0.15) is 15.2 Å². The van der Waals surface area contributed by atoms with E-state index in [0.29, 0.717) is 51.6 Å². The van der Waals surface area contributed by atoms with E-state index in [1.54, 1.807) is 35.5 Å². The van der Waals surface area contributed by atoms with Gasteiger partial charge in [-0.3, -0.25) is 4.79 Å². The number of morpholine rings is 1. The van der Waals surface area contributed by atoms with Gasteiger partial charge in [0.2, 0.25) is 10.0 Å². The number of amides is 1. The molecule has 3 rings (SSSR count). The van der Waals surface area contributed by atoms with E-state index >= 15 is 0 Å². The van der Waals surface area contributed by atoms with E-state index in [2.05, 4.69) is 0 Å². The van der Waals surface area contributed by atoms with E-state index in [-0.39, 0.29) is 10.8 Å². The summed E-state index contributed by atoms with van der Waals surface area (Å²) in [5, 5.41) is 1.97. The highest BCUT2D eigenvalue weighted by Crippen LogP contribution is 2.19. The Balaban J connectivity index is 1.75. The predicted octanol–water partition coefficient (Wildman–Crippen LogP) is 2.06. The van der Waals surface area contributed by atoms with Crippen LogP contribution in [0.15, 0.2) is 46.7 Å². The molecule has 0 N–H and O–H groups in total. The lowest BCUT2D eigenvalue weighted by Gasteiger charge is -2.26. The normalized spacial score (nSPS) is 15.5. The van der Waals surface area contributed by atoms with E-state index < -0.39 is 10.0 Å². The third-order valence-electron chi connectivity index (χ3n) is 4.49. The van der Waals surface area contributed by atoms with Crippen molar-refractivity contribution in [1.82, 2.24) is 9.21 Å². The molecule has 0 radical (unpaired) electrons. The monoisotopic (exact) mass is 424 g/mol. The Morgan fingerprint density at radius 1 is 1.21 bits per heavy atom. The quantitative estimate of drug-likeness (QED) is 0.648. The lowest BCUT2D eigenvalue weighted by Crippen LogP contribution is -2.40. The van der Waals surface area contributed by atoms with Crippen molar-refractivity contribution in [2.24, 2.45) is 0 Å². The van der Waals surface area contributed by atoms with Gasteiger partial charge in [-0.1, -0.05) is 6.07 Å². The molecule has 0 bridgehead atoms. The number of ether oxygens (including phenoxy) is 2. The standard InChI is InChI=1S/C19H24N2O5S2/c1-25-11-8-20(15-17-3-2-14-27-17)19(22)16-4-6-18(7-5-16)28(23,24)21-9-12-26-13-10-21/h2-7,14H,8-13,15H2,1H3. The number of rotatable bonds is 8. The molecule has 1 aromatic heterocycles. The van der Waals surface area contributed by atoms with Gasteiger partial charge in [0.15, 0.2) is 0 Å². The van der Waals surface area contributed by atoms with Gasteiger partial charge in [0.1, 0.15) is 0 Å². The third kappa shape index (κ3) is 4.98. The molecular weight excluding hydrogens is 400 g/mol. The summed E-state index contributed by atoms with van der Waals surface area (Å²) < 4.78 is 37.2. The molecular formula is C19H24N2O5S2. The number of hydrogen-bond acceptors (Lipinski definition) is 6. The lowest BCUT2D eigenvalue weighted by atomic mass is 10.2. The molecule has 7 nitrogen and oxygen atoms in total. The fourth-order valence-corrected chi connectivity index (χ4v) is 5.06. The molecule has 1 amide bonds.